The van der Waals surface area contributed by atoms with E-state index in [2.05, 4.69) is 25.6 Å². The minimum absolute atomic E-state index is 0.112. The Hall–Kier alpha value is -3.42. The fraction of sp³-hybridized carbons (Fsp3) is 0.200. The highest BCUT2D eigenvalue weighted by Gasteiger charge is 2.16. The molecule has 0 spiro atoms. The topological polar surface area (TPSA) is 68.5 Å². The van der Waals surface area contributed by atoms with Crippen molar-refractivity contribution in [3.63, 3.8) is 0 Å². The van der Waals surface area contributed by atoms with E-state index in [-0.39, 0.29) is 5.69 Å². The number of nitrogens with zero attached hydrogens (tertiary/aromatic N) is 5. The van der Waals surface area contributed by atoms with Gasteiger partial charge < -0.3 is 5.32 Å². The van der Waals surface area contributed by atoms with Gasteiger partial charge in [0.1, 0.15) is 17.5 Å². The molecule has 0 bridgehead atoms. The van der Waals surface area contributed by atoms with Gasteiger partial charge in [0, 0.05) is 12.5 Å². The first-order chi connectivity index (χ1) is 13.6. The van der Waals surface area contributed by atoms with Crippen LogP contribution in [0.3, 0.4) is 0 Å². The summed E-state index contributed by atoms with van der Waals surface area (Å²) in [6.45, 7) is 2.53. The van der Waals surface area contributed by atoms with Gasteiger partial charge in [0.05, 0.1) is 12.2 Å². The predicted octanol–water partition coefficient (Wildman–Crippen LogP) is 4.24. The van der Waals surface area contributed by atoms with Gasteiger partial charge in [-0.25, -0.2) is 23.4 Å². The van der Waals surface area contributed by atoms with Gasteiger partial charge in [-0.2, -0.15) is 0 Å². The van der Waals surface area contributed by atoms with E-state index < -0.39 is 11.6 Å². The Kier molecular flexibility index (Phi) is 4.92. The summed E-state index contributed by atoms with van der Waals surface area (Å²) in [6, 6.07) is 13.2. The summed E-state index contributed by atoms with van der Waals surface area (Å²) in [4.78, 5) is 9.06. The Morgan fingerprint density at radius 2 is 1.86 bits per heavy atom. The molecular weight excluding hydrogens is 362 g/mol. The van der Waals surface area contributed by atoms with Gasteiger partial charge in [-0.3, -0.25) is 0 Å². The van der Waals surface area contributed by atoms with Crippen molar-refractivity contribution < 1.29 is 8.78 Å². The number of hydrogen-bond acceptors (Lipinski definition) is 5. The lowest BCUT2D eigenvalue weighted by Crippen LogP contribution is -2.06. The quantitative estimate of drug-likeness (QED) is 0.542. The maximum absolute atomic E-state index is 14.1. The minimum Gasteiger partial charge on any atom is -0.336 e. The molecule has 8 heteroatoms. The number of rotatable bonds is 6. The van der Waals surface area contributed by atoms with Crippen molar-refractivity contribution in [3.8, 4) is 0 Å². The highest BCUT2D eigenvalue weighted by molar-refractivity contribution is 5.84. The van der Waals surface area contributed by atoms with Crippen LogP contribution in [-0.4, -0.2) is 25.0 Å². The van der Waals surface area contributed by atoms with E-state index in [9.17, 15) is 8.78 Å². The lowest BCUT2D eigenvalue weighted by molar-refractivity contribution is 0.586. The van der Waals surface area contributed by atoms with Crippen LogP contribution in [0.5, 0.6) is 0 Å². The molecule has 1 N–H and O–H groups in total. The number of halogens is 2. The van der Waals surface area contributed by atoms with Crippen LogP contribution >= 0.6 is 0 Å². The van der Waals surface area contributed by atoms with Crippen LogP contribution in [-0.2, 0) is 13.0 Å². The van der Waals surface area contributed by atoms with Gasteiger partial charge in [-0.15, -0.1) is 5.10 Å². The molecule has 4 rings (SSSR count). The first kappa shape index (κ1) is 18.0. The zero-order valence-electron chi connectivity index (χ0n) is 15.2. The molecule has 6 nitrogen and oxygen atoms in total. The smallest absolute Gasteiger partial charge is 0.184 e. The zero-order valence-corrected chi connectivity index (χ0v) is 15.2. The number of nitrogens with one attached hydrogen (secondary N) is 1. The maximum atomic E-state index is 14.1. The molecule has 0 saturated heterocycles. The first-order valence-electron chi connectivity index (χ1n) is 9.00. The zero-order chi connectivity index (χ0) is 19.5. The van der Waals surface area contributed by atoms with Crippen LogP contribution in [0.4, 0.5) is 20.3 Å². The standard InChI is InChI=1S/C20H18F2N6/c1-2-6-17-24-19(23-16-10-9-14(21)11-15(16)22)18-20(25-17)28(27-26-18)12-13-7-4-3-5-8-13/h3-5,7-11H,2,6,12H2,1H3,(H,23,24,25). The number of aromatic nitrogens is 5. The van der Waals surface area contributed by atoms with E-state index in [0.717, 1.165) is 18.1 Å². The van der Waals surface area contributed by atoms with Gasteiger partial charge in [0.15, 0.2) is 17.0 Å². The van der Waals surface area contributed by atoms with Crippen molar-refractivity contribution in [1.82, 2.24) is 25.0 Å². The Balaban J connectivity index is 1.77. The predicted molar refractivity (Wildman–Crippen MR) is 102 cm³/mol. The van der Waals surface area contributed by atoms with Gasteiger partial charge in [0.25, 0.3) is 0 Å². The van der Waals surface area contributed by atoms with E-state index >= 15 is 0 Å². The molecular formula is C20H18F2N6. The molecule has 0 aliphatic carbocycles. The van der Waals surface area contributed by atoms with E-state index in [1.54, 1.807) is 4.68 Å². The third-order valence-electron chi connectivity index (χ3n) is 4.24. The molecule has 2 aromatic heterocycles. The highest BCUT2D eigenvalue weighted by Crippen LogP contribution is 2.25. The first-order valence-corrected chi connectivity index (χ1v) is 9.00. The largest absolute Gasteiger partial charge is 0.336 e. The van der Waals surface area contributed by atoms with Gasteiger partial charge in [-0.1, -0.05) is 42.5 Å². The van der Waals surface area contributed by atoms with Crippen LogP contribution in [0.15, 0.2) is 48.5 Å². The number of aryl methyl sites for hydroxylation is 1. The van der Waals surface area contributed by atoms with Gasteiger partial charge in [0.2, 0.25) is 0 Å². The van der Waals surface area contributed by atoms with E-state index in [1.165, 1.54) is 12.1 Å². The number of benzene rings is 2. The van der Waals surface area contributed by atoms with Crippen molar-refractivity contribution in [2.24, 2.45) is 0 Å². The van der Waals surface area contributed by atoms with E-state index in [0.29, 0.717) is 35.8 Å². The third kappa shape index (κ3) is 3.66. The van der Waals surface area contributed by atoms with Crippen molar-refractivity contribution in [2.75, 3.05) is 5.32 Å². The summed E-state index contributed by atoms with van der Waals surface area (Å²) in [7, 11) is 0. The summed E-state index contributed by atoms with van der Waals surface area (Å²) in [5.41, 5.74) is 2.16. The minimum atomic E-state index is -0.708. The lowest BCUT2D eigenvalue weighted by atomic mass is 10.2. The van der Waals surface area contributed by atoms with Crippen LogP contribution in [0, 0.1) is 11.6 Å². The SMILES string of the molecule is CCCc1nc(Nc2ccc(F)cc2F)c2nnn(Cc3ccccc3)c2n1. The molecule has 0 atom stereocenters. The fourth-order valence-electron chi connectivity index (χ4n) is 2.91. The average Bonchev–Trinajstić information content (AvgIpc) is 3.08. The average molecular weight is 380 g/mol. The fourth-order valence-corrected chi connectivity index (χ4v) is 2.91. The molecule has 2 heterocycles. The summed E-state index contributed by atoms with van der Waals surface area (Å²) in [5, 5.41) is 11.3. The second-order valence-electron chi connectivity index (χ2n) is 6.39. The molecule has 2 aromatic carbocycles. The summed E-state index contributed by atoms with van der Waals surface area (Å²) in [6.07, 6.45) is 1.52. The summed E-state index contributed by atoms with van der Waals surface area (Å²) >= 11 is 0. The Morgan fingerprint density at radius 3 is 2.61 bits per heavy atom. The van der Waals surface area contributed by atoms with Crippen LogP contribution in [0.25, 0.3) is 11.2 Å². The van der Waals surface area contributed by atoms with Gasteiger partial charge >= 0.3 is 0 Å². The second-order valence-corrected chi connectivity index (χ2v) is 6.39. The number of anilines is 2. The molecule has 0 amide bonds. The normalized spacial score (nSPS) is 11.1. The highest BCUT2D eigenvalue weighted by atomic mass is 19.1. The second kappa shape index (κ2) is 7.67. The van der Waals surface area contributed by atoms with E-state index in [1.807, 2.05) is 37.3 Å². The Labute approximate surface area is 160 Å². The molecule has 4 aromatic rings. The van der Waals surface area contributed by atoms with Crippen molar-refractivity contribution in [2.45, 2.75) is 26.3 Å². The van der Waals surface area contributed by atoms with Gasteiger partial charge in [-0.05, 0) is 24.1 Å². The summed E-state index contributed by atoms with van der Waals surface area (Å²) in [5.74, 6) is -0.397. The van der Waals surface area contributed by atoms with Crippen LogP contribution in [0.1, 0.15) is 24.7 Å². The molecule has 0 aliphatic rings. The molecule has 142 valence electrons. The third-order valence-corrected chi connectivity index (χ3v) is 4.24. The Morgan fingerprint density at radius 1 is 1.04 bits per heavy atom. The van der Waals surface area contributed by atoms with Crippen LogP contribution in [0.2, 0.25) is 0 Å². The lowest BCUT2D eigenvalue weighted by Gasteiger charge is -2.09. The molecule has 0 unspecified atom stereocenters. The van der Waals surface area contributed by atoms with Crippen molar-refractivity contribution in [3.05, 3.63) is 71.6 Å². The molecule has 0 aliphatic heterocycles. The molecule has 0 saturated carbocycles. The van der Waals surface area contributed by atoms with Crippen molar-refractivity contribution >= 4 is 22.7 Å². The maximum Gasteiger partial charge on any atom is 0.184 e. The number of hydrogen-bond donors (Lipinski definition) is 1. The number of fused-ring (bicyclic) bond motifs is 1. The Bertz CT molecular complexity index is 1110. The van der Waals surface area contributed by atoms with Crippen molar-refractivity contribution in [1.29, 1.82) is 0 Å². The van der Waals surface area contributed by atoms with Crippen LogP contribution < -0.4 is 5.32 Å². The summed E-state index contributed by atoms with van der Waals surface area (Å²) < 4.78 is 29.0. The molecule has 28 heavy (non-hydrogen) atoms. The molecule has 0 radical (unpaired) electrons. The molecule has 0 fully saturated rings. The monoisotopic (exact) mass is 380 g/mol. The van der Waals surface area contributed by atoms with E-state index in [4.69, 9.17) is 0 Å².